The average Bonchev–Trinajstić information content (AvgIpc) is 2.61. The number of anilines is 1. The minimum Gasteiger partial charge on any atom is -0.455 e. The number of esters is 1. The van der Waals surface area contributed by atoms with Crippen LogP contribution in [0.1, 0.15) is 37.3 Å². The Bertz CT molecular complexity index is 682. The summed E-state index contributed by atoms with van der Waals surface area (Å²) in [7, 11) is 0. The Morgan fingerprint density at radius 1 is 1.04 bits per heavy atom. The van der Waals surface area contributed by atoms with E-state index in [9.17, 15) is 9.59 Å². The number of rotatable bonds is 7. The first kappa shape index (κ1) is 17.7. The van der Waals surface area contributed by atoms with E-state index in [2.05, 4.69) is 12.2 Å². The molecule has 1 atom stereocenters. The fourth-order valence-electron chi connectivity index (χ4n) is 2.53. The van der Waals surface area contributed by atoms with E-state index in [-0.39, 0.29) is 24.4 Å². The summed E-state index contributed by atoms with van der Waals surface area (Å²) in [5, 5.41) is 2.75. The van der Waals surface area contributed by atoms with Gasteiger partial charge in [-0.3, -0.25) is 9.59 Å². The lowest BCUT2D eigenvalue weighted by molar-refractivity contribution is -0.149. The monoisotopic (exact) mass is 325 g/mol. The van der Waals surface area contributed by atoms with Crippen molar-refractivity contribution in [3.05, 3.63) is 65.7 Å². The Labute approximate surface area is 142 Å². The van der Waals surface area contributed by atoms with Gasteiger partial charge in [0, 0.05) is 5.69 Å². The van der Waals surface area contributed by atoms with Crippen molar-refractivity contribution in [2.75, 3.05) is 11.9 Å². The number of benzene rings is 2. The molecule has 0 aliphatic carbocycles. The molecule has 1 unspecified atom stereocenters. The fraction of sp³-hybridized carbons (Fsp3) is 0.300. The Kier molecular flexibility index (Phi) is 6.55. The van der Waals surface area contributed by atoms with Gasteiger partial charge in [0.2, 0.25) is 0 Å². The molecule has 4 heteroatoms. The van der Waals surface area contributed by atoms with Crippen LogP contribution in [0.3, 0.4) is 0 Å². The van der Waals surface area contributed by atoms with Gasteiger partial charge in [0.25, 0.3) is 5.91 Å². The molecule has 0 fully saturated rings. The van der Waals surface area contributed by atoms with Crippen molar-refractivity contribution in [3.63, 3.8) is 0 Å². The lowest BCUT2D eigenvalue weighted by Crippen LogP contribution is -2.23. The minimum absolute atomic E-state index is 0.279. The van der Waals surface area contributed by atoms with Gasteiger partial charge < -0.3 is 10.1 Å². The van der Waals surface area contributed by atoms with Gasteiger partial charge in [-0.1, -0.05) is 56.3 Å². The van der Waals surface area contributed by atoms with Gasteiger partial charge in [-0.05, 0) is 36.1 Å². The first-order valence-corrected chi connectivity index (χ1v) is 8.24. The minimum atomic E-state index is -0.374. The summed E-state index contributed by atoms with van der Waals surface area (Å²) in [4.78, 5) is 24.2. The number of aryl methyl sites for hydroxylation is 1. The molecule has 0 bridgehead atoms. The van der Waals surface area contributed by atoms with Crippen LogP contribution in [-0.2, 0) is 20.7 Å². The normalized spacial score (nSPS) is 11.6. The highest BCUT2D eigenvalue weighted by Gasteiger charge is 2.20. The molecule has 24 heavy (non-hydrogen) atoms. The smallest absolute Gasteiger partial charge is 0.313 e. The van der Waals surface area contributed by atoms with Crippen molar-refractivity contribution in [2.24, 2.45) is 0 Å². The van der Waals surface area contributed by atoms with Crippen molar-refractivity contribution in [2.45, 2.75) is 32.6 Å². The summed E-state index contributed by atoms with van der Waals surface area (Å²) in [6, 6.07) is 17.1. The molecule has 0 heterocycles. The van der Waals surface area contributed by atoms with Gasteiger partial charge >= 0.3 is 5.97 Å². The maximum Gasteiger partial charge on any atom is 0.313 e. The number of carbonyl (C=O) groups excluding carboxylic acids is 2. The topological polar surface area (TPSA) is 55.4 Å². The number of nitrogens with one attached hydrogen (secondary N) is 1. The zero-order chi connectivity index (χ0) is 17.4. The third kappa shape index (κ3) is 4.95. The molecular formula is C20H23NO3. The largest absolute Gasteiger partial charge is 0.455 e. The second kappa shape index (κ2) is 8.87. The summed E-state index contributed by atoms with van der Waals surface area (Å²) in [6.45, 7) is 3.70. The Hall–Kier alpha value is -2.62. The Morgan fingerprint density at radius 3 is 2.46 bits per heavy atom. The van der Waals surface area contributed by atoms with E-state index in [4.69, 9.17) is 4.74 Å². The summed E-state index contributed by atoms with van der Waals surface area (Å²) >= 11 is 0. The maximum atomic E-state index is 12.2. The van der Waals surface area contributed by atoms with Gasteiger partial charge in [-0.2, -0.15) is 0 Å². The highest BCUT2D eigenvalue weighted by Crippen LogP contribution is 2.20. The van der Waals surface area contributed by atoms with Crippen molar-refractivity contribution in [3.8, 4) is 0 Å². The first-order valence-electron chi connectivity index (χ1n) is 8.24. The standard InChI is InChI=1S/C20H23NO3/c1-3-15-9-8-12-17(13-15)21-19(22)14-24-20(23)18(4-2)16-10-6-5-7-11-16/h5-13,18H,3-4,14H2,1-2H3,(H,21,22). The molecule has 1 N–H and O–H groups in total. The second-order valence-electron chi connectivity index (χ2n) is 5.58. The predicted molar refractivity (Wildman–Crippen MR) is 94.9 cm³/mol. The molecule has 126 valence electrons. The quantitative estimate of drug-likeness (QED) is 0.785. The van der Waals surface area contributed by atoms with Crippen molar-refractivity contribution < 1.29 is 14.3 Å². The third-order valence-electron chi connectivity index (χ3n) is 3.86. The molecule has 0 aliphatic rings. The summed E-state index contributed by atoms with van der Waals surface area (Å²) in [5.41, 5.74) is 2.76. The van der Waals surface area contributed by atoms with Gasteiger partial charge in [-0.25, -0.2) is 0 Å². The van der Waals surface area contributed by atoms with Crippen molar-refractivity contribution in [1.82, 2.24) is 0 Å². The van der Waals surface area contributed by atoms with Gasteiger partial charge in [-0.15, -0.1) is 0 Å². The SMILES string of the molecule is CCc1cccc(NC(=O)COC(=O)C(CC)c2ccccc2)c1. The number of hydrogen-bond acceptors (Lipinski definition) is 3. The van der Waals surface area contributed by atoms with E-state index in [1.807, 2.05) is 61.5 Å². The van der Waals surface area contributed by atoms with E-state index >= 15 is 0 Å². The van der Waals surface area contributed by atoms with Gasteiger partial charge in [0.05, 0.1) is 5.92 Å². The van der Waals surface area contributed by atoms with Crippen LogP contribution in [0.2, 0.25) is 0 Å². The molecule has 0 aliphatic heterocycles. The average molecular weight is 325 g/mol. The summed E-state index contributed by atoms with van der Waals surface area (Å²) in [6.07, 6.45) is 1.52. The predicted octanol–water partition coefficient (Wildman–Crippen LogP) is 3.92. The zero-order valence-corrected chi connectivity index (χ0v) is 14.1. The molecule has 2 aromatic carbocycles. The Balaban J connectivity index is 1.89. The van der Waals surface area contributed by atoms with Crippen LogP contribution in [0.5, 0.6) is 0 Å². The van der Waals surface area contributed by atoms with E-state index in [0.29, 0.717) is 12.1 Å². The molecule has 1 amide bonds. The van der Waals surface area contributed by atoms with Gasteiger partial charge in [0.15, 0.2) is 6.61 Å². The van der Waals surface area contributed by atoms with Crippen LogP contribution in [0.4, 0.5) is 5.69 Å². The maximum absolute atomic E-state index is 12.2. The number of carbonyl (C=O) groups is 2. The van der Waals surface area contributed by atoms with Gasteiger partial charge in [0.1, 0.15) is 0 Å². The Morgan fingerprint density at radius 2 is 1.79 bits per heavy atom. The number of amides is 1. The fourth-order valence-corrected chi connectivity index (χ4v) is 2.53. The number of ether oxygens (including phenoxy) is 1. The van der Waals surface area contributed by atoms with Crippen LogP contribution in [-0.4, -0.2) is 18.5 Å². The van der Waals surface area contributed by atoms with E-state index in [1.54, 1.807) is 0 Å². The molecular weight excluding hydrogens is 302 g/mol. The molecule has 0 aromatic heterocycles. The lowest BCUT2D eigenvalue weighted by Gasteiger charge is -2.14. The highest BCUT2D eigenvalue weighted by molar-refractivity contribution is 5.93. The summed E-state index contributed by atoms with van der Waals surface area (Å²) in [5.74, 6) is -1.05. The molecule has 4 nitrogen and oxygen atoms in total. The van der Waals surface area contributed by atoms with Crippen LogP contribution >= 0.6 is 0 Å². The molecule has 2 aromatic rings. The van der Waals surface area contributed by atoms with Crippen LogP contribution in [0.25, 0.3) is 0 Å². The lowest BCUT2D eigenvalue weighted by atomic mass is 9.97. The molecule has 0 saturated heterocycles. The van der Waals surface area contributed by atoms with Crippen molar-refractivity contribution >= 4 is 17.6 Å². The van der Waals surface area contributed by atoms with Crippen LogP contribution in [0.15, 0.2) is 54.6 Å². The van der Waals surface area contributed by atoms with Crippen LogP contribution in [0, 0.1) is 0 Å². The zero-order valence-electron chi connectivity index (χ0n) is 14.1. The molecule has 0 radical (unpaired) electrons. The first-order chi connectivity index (χ1) is 11.6. The molecule has 2 rings (SSSR count). The van der Waals surface area contributed by atoms with E-state index < -0.39 is 0 Å². The molecule has 0 saturated carbocycles. The number of hydrogen-bond donors (Lipinski definition) is 1. The highest BCUT2D eigenvalue weighted by atomic mass is 16.5. The van der Waals surface area contributed by atoms with E-state index in [1.165, 1.54) is 0 Å². The van der Waals surface area contributed by atoms with Crippen molar-refractivity contribution in [1.29, 1.82) is 0 Å². The van der Waals surface area contributed by atoms with Crippen LogP contribution < -0.4 is 5.32 Å². The second-order valence-corrected chi connectivity index (χ2v) is 5.58. The van der Waals surface area contributed by atoms with E-state index in [0.717, 1.165) is 17.5 Å². The molecule has 0 spiro atoms. The third-order valence-corrected chi connectivity index (χ3v) is 3.86. The summed E-state index contributed by atoms with van der Waals surface area (Å²) < 4.78 is 5.19.